The highest BCUT2D eigenvalue weighted by atomic mass is 16.6. The summed E-state index contributed by atoms with van der Waals surface area (Å²) in [6, 6.07) is 17.8. The molecule has 3 nitrogen and oxygen atoms in total. The molecule has 174 valence electrons. The van der Waals surface area contributed by atoms with E-state index >= 15 is 0 Å². The fourth-order valence-corrected chi connectivity index (χ4v) is 7.57. The first-order chi connectivity index (χ1) is 15.8. The van der Waals surface area contributed by atoms with Gasteiger partial charge in [-0.25, -0.2) is 0 Å². The molecule has 0 heterocycles. The zero-order chi connectivity index (χ0) is 23.1. The van der Waals surface area contributed by atoms with Crippen molar-refractivity contribution in [1.82, 2.24) is 0 Å². The number of para-hydroxylation sites is 1. The topological polar surface area (TPSA) is 30.8 Å². The van der Waals surface area contributed by atoms with Crippen LogP contribution in [0.3, 0.4) is 0 Å². The van der Waals surface area contributed by atoms with Gasteiger partial charge in [0.05, 0.1) is 5.71 Å². The lowest BCUT2D eigenvalue weighted by atomic mass is 9.59. The van der Waals surface area contributed by atoms with Gasteiger partial charge in [0.15, 0.2) is 0 Å². The molecule has 0 unspecified atom stereocenters. The summed E-state index contributed by atoms with van der Waals surface area (Å²) in [5.74, 6) is 2.50. The third kappa shape index (κ3) is 3.80. The maximum Gasteiger partial charge on any atom is 0.142 e. The van der Waals surface area contributed by atoms with E-state index in [-0.39, 0.29) is 0 Å². The van der Waals surface area contributed by atoms with Crippen molar-refractivity contribution in [2.24, 2.45) is 27.3 Å². The van der Waals surface area contributed by atoms with Crippen molar-refractivity contribution in [3.63, 3.8) is 0 Å². The molecule has 0 saturated heterocycles. The Hall–Kier alpha value is -2.55. The predicted octanol–water partition coefficient (Wildman–Crippen LogP) is 8.31. The zero-order valence-electron chi connectivity index (χ0n) is 20.6. The van der Waals surface area contributed by atoms with Crippen LogP contribution in [0.15, 0.2) is 71.4 Å². The lowest BCUT2D eigenvalue weighted by Gasteiger charge is -2.46. The lowest BCUT2D eigenvalue weighted by molar-refractivity contribution is 0.0724. The fraction of sp³-hybridized carbons (Fsp3) is 0.500. The molecule has 0 N–H and O–H groups in total. The highest BCUT2D eigenvalue weighted by Gasteiger charge is 2.70. The number of ether oxygens (including phenoxy) is 1. The largest absolute Gasteiger partial charge is 0.457 e. The molecule has 5 rings (SSSR count). The van der Waals surface area contributed by atoms with E-state index in [1.54, 1.807) is 0 Å². The van der Waals surface area contributed by atoms with Gasteiger partial charge in [0.25, 0.3) is 0 Å². The third-order valence-corrected chi connectivity index (χ3v) is 9.38. The van der Waals surface area contributed by atoms with Crippen molar-refractivity contribution >= 4 is 5.71 Å². The van der Waals surface area contributed by atoms with Crippen molar-refractivity contribution < 1.29 is 9.57 Å². The van der Waals surface area contributed by atoms with E-state index in [1.807, 2.05) is 54.6 Å². The normalized spacial score (nSPS) is 33.3. The molecule has 4 bridgehead atoms. The van der Waals surface area contributed by atoms with Gasteiger partial charge >= 0.3 is 0 Å². The van der Waals surface area contributed by atoms with Gasteiger partial charge in [0, 0.05) is 0 Å². The van der Waals surface area contributed by atoms with Crippen LogP contribution >= 0.6 is 0 Å². The fourth-order valence-electron chi connectivity index (χ4n) is 7.57. The molecular formula is C30H37NO2. The van der Waals surface area contributed by atoms with Gasteiger partial charge in [-0.2, -0.15) is 0 Å². The van der Waals surface area contributed by atoms with Crippen LogP contribution in [0, 0.1) is 22.2 Å². The number of rotatable bonds is 7. The van der Waals surface area contributed by atoms with E-state index in [4.69, 9.17) is 9.57 Å². The Morgan fingerprint density at radius 2 is 1.70 bits per heavy atom. The Morgan fingerprint density at radius 3 is 2.45 bits per heavy atom. The second-order valence-corrected chi connectivity index (χ2v) is 11.1. The summed E-state index contributed by atoms with van der Waals surface area (Å²) >= 11 is 0. The van der Waals surface area contributed by atoms with E-state index in [2.05, 4.69) is 38.9 Å². The highest BCUT2D eigenvalue weighted by Crippen LogP contribution is 2.78. The molecule has 3 aliphatic rings. The van der Waals surface area contributed by atoms with Crippen molar-refractivity contribution in [2.75, 3.05) is 0 Å². The summed E-state index contributed by atoms with van der Waals surface area (Å²) in [5.41, 5.74) is 4.99. The maximum atomic E-state index is 5.86. The van der Waals surface area contributed by atoms with Crippen molar-refractivity contribution in [1.29, 1.82) is 0 Å². The maximum absolute atomic E-state index is 5.86. The van der Waals surface area contributed by atoms with Gasteiger partial charge in [0.1, 0.15) is 18.1 Å². The standard InChI is InChI=1S/C30H37NO2/c1-22(30-17-8-16-29(4)27(30)15-18-28(29,3)21-30)19-23(2)31-32-20-24-11-13-26(14-12-24)33-25-9-6-5-7-10-25/h5-7,9-14,19,27H,8,15-18,20-21H2,1-4H3/b22-19+,31-23+/t27-,28-,29-,30-/m0/s1. The quantitative estimate of drug-likeness (QED) is 0.318. The Morgan fingerprint density at radius 1 is 0.970 bits per heavy atom. The summed E-state index contributed by atoms with van der Waals surface area (Å²) in [5, 5.41) is 4.43. The van der Waals surface area contributed by atoms with Crippen LogP contribution in [0.1, 0.15) is 71.8 Å². The summed E-state index contributed by atoms with van der Waals surface area (Å²) in [4.78, 5) is 5.71. The molecule has 33 heavy (non-hydrogen) atoms. The molecule has 2 aromatic carbocycles. The second kappa shape index (κ2) is 8.34. The van der Waals surface area contributed by atoms with Crippen molar-refractivity contribution in [3.05, 3.63) is 71.8 Å². The molecule has 0 aromatic heterocycles. The average molecular weight is 444 g/mol. The van der Waals surface area contributed by atoms with Gasteiger partial charge in [-0.15, -0.1) is 0 Å². The van der Waals surface area contributed by atoms with Crippen LogP contribution in [0.4, 0.5) is 0 Å². The van der Waals surface area contributed by atoms with Gasteiger partial charge in [-0.3, -0.25) is 0 Å². The minimum Gasteiger partial charge on any atom is -0.457 e. The summed E-state index contributed by atoms with van der Waals surface area (Å²) in [7, 11) is 0. The molecule has 2 aromatic rings. The van der Waals surface area contributed by atoms with Crippen LogP contribution in [-0.2, 0) is 11.4 Å². The van der Waals surface area contributed by atoms with Gasteiger partial charge in [-0.1, -0.05) is 61.3 Å². The van der Waals surface area contributed by atoms with E-state index in [0.29, 0.717) is 22.9 Å². The molecule has 0 aliphatic heterocycles. The van der Waals surface area contributed by atoms with Crippen LogP contribution in [0.5, 0.6) is 11.5 Å². The molecule has 0 radical (unpaired) electrons. The summed E-state index contributed by atoms with van der Waals surface area (Å²) in [6.45, 7) is 10.0. The number of nitrogens with zero attached hydrogens (tertiary/aromatic N) is 1. The molecule has 0 spiro atoms. The van der Waals surface area contributed by atoms with Crippen LogP contribution in [0.25, 0.3) is 0 Å². The number of hydrogen-bond donors (Lipinski definition) is 0. The van der Waals surface area contributed by atoms with E-state index in [0.717, 1.165) is 28.7 Å². The van der Waals surface area contributed by atoms with E-state index in [1.165, 1.54) is 44.1 Å². The summed E-state index contributed by atoms with van der Waals surface area (Å²) in [6.07, 6.45) is 10.6. The molecule has 4 atom stereocenters. The Balaban J connectivity index is 1.21. The number of oxime groups is 1. The molecule has 3 heteroatoms. The lowest BCUT2D eigenvalue weighted by Crippen LogP contribution is -2.37. The zero-order valence-corrected chi connectivity index (χ0v) is 20.6. The second-order valence-electron chi connectivity index (χ2n) is 11.1. The van der Waals surface area contributed by atoms with Crippen molar-refractivity contribution in [3.8, 4) is 11.5 Å². The van der Waals surface area contributed by atoms with Crippen LogP contribution in [-0.4, -0.2) is 5.71 Å². The highest BCUT2D eigenvalue weighted by molar-refractivity contribution is 5.93. The van der Waals surface area contributed by atoms with E-state index in [9.17, 15) is 0 Å². The molecule has 0 amide bonds. The Bertz CT molecular complexity index is 1060. The molecular weight excluding hydrogens is 406 g/mol. The molecule has 3 saturated carbocycles. The summed E-state index contributed by atoms with van der Waals surface area (Å²) < 4.78 is 5.86. The van der Waals surface area contributed by atoms with Gasteiger partial charge in [0.2, 0.25) is 0 Å². The first-order valence-corrected chi connectivity index (χ1v) is 12.5. The van der Waals surface area contributed by atoms with E-state index < -0.39 is 0 Å². The van der Waals surface area contributed by atoms with Crippen LogP contribution < -0.4 is 4.74 Å². The number of benzene rings is 2. The Labute approximate surface area is 198 Å². The monoisotopic (exact) mass is 443 g/mol. The molecule has 3 fully saturated rings. The first-order valence-electron chi connectivity index (χ1n) is 12.5. The van der Waals surface area contributed by atoms with Gasteiger partial charge < -0.3 is 9.57 Å². The average Bonchev–Trinajstić information content (AvgIpc) is 3.11. The molecule has 3 aliphatic carbocycles. The smallest absolute Gasteiger partial charge is 0.142 e. The van der Waals surface area contributed by atoms with Crippen LogP contribution in [0.2, 0.25) is 0 Å². The number of hydrogen-bond acceptors (Lipinski definition) is 3. The number of allylic oxidation sites excluding steroid dienone is 2. The van der Waals surface area contributed by atoms with Crippen molar-refractivity contribution in [2.45, 2.75) is 72.8 Å². The first kappa shape index (κ1) is 22.3. The Kier molecular flexibility index (Phi) is 5.63. The third-order valence-electron chi connectivity index (χ3n) is 9.38. The van der Waals surface area contributed by atoms with Gasteiger partial charge in [-0.05, 0) is 104 Å². The predicted molar refractivity (Wildman–Crippen MR) is 134 cm³/mol. The minimum atomic E-state index is 0.380. The minimum absolute atomic E-state index is 0.380. The SMILES string of the molecule is C/C(=C\C(C)=N\OCc1ccc(Oc2ccccc2)cc1)[C@@]12CCC[C@@]3(C)[C@@H]1CC[C@@]3(C)C2.